The topological polar surface area (TPSA) is 89.9 Å². The van der Waals surface area contributed by atoms with Crippen molar-refractivity contribution in [3.8, 4) is 0 Å². The molecule has 0 unspecified atom stereocenters. The minimum absolute atomic E-state index is 0.0107. The summed E-state index contributed by atoms with van der Waals surface area (Å²) in [6, 6.07) is 4.73. The van der Waals surface area contributed by atoms with Gasteiger partial charge in [0.25, 0.3) is 0 Å². The number of carboxylic acid groups (broad SMARTS) is 1. The van der Waals surface area contributed by atoms with Crippen molar-refractivity contribution in [2.24, 2.45) is 11.3 Å². The van der Waals surface area contributed by atoms with Crippen LogP contribution >= 0.6 is 0 Å². The Balaban J connectivity index is 1.76. The highest BCUT2D eigenvalue weighted by molar-refractivity contribution is 5.84. The summed E-state index contributed by atoms with van der Waals surface area (Å²) in [6.45, 7) is 4.15. The summed E-state index contributed by atoms with van der Waals surface area (Å²) in [4.78, 5) is 26.1. The Morgan fingerprint density at radius 3 is 2.32 bits per heavy atom. The van der Waals surface area contributed by atoms with E-state index in [2.05, 4.69) is 5.32 Å². The normalized spacial score (nSPS) is 26.2. The Hall–Kier alpha value is -2.29. The van der Waals surface area contributed by atoms with Gasteiger partial charge >= 0.3 is 12.3 Å². The maximum absolute atomic E-state index is 13.5. The maximum Gasteiger partial charge on any atom is 0.416 e. The fourth-order valence-electron chi connectivity index (χ4n) is 5.14. The Labute approximate surface area is 179 Å². The van der Waals surface area contributed by atoms with Gasteiger partial charge in [0.15, 0.2) is 0 Å². The van der Waals surface area contributed by atoms with Crippen LogP contribution in [0.25, 0.3) is 0 Å². The molecule has 1 saturated heterocycles. The number of benzene rings is 1. The van der Waals surface area contributed by atoms with Gasteiger partial charge in [-0.2, -0.15) is 13.2 Å². The first-order valence-corrected chi connectivity index (χ1v) is 10.6. The zero-order valence-electron chi connectivity index (χ0n) is 17.7. The van der Waals surface area contributed by atoms with Crippen molar-refractivity contribution >= 4 is 12.0 Å². The van der Waals surface area contributed by atoms with Crippen molar-refractivity contribution in [2.45, 2.75) is 63.8 Å². The van der Waals surface area contributed by atoms with Crippen molar-refractivity contribution < 1.29 is 33.0 Å². The first kappa shape index (κ1) is 23.4. The molecular weight excluding hydrogens is 413 g/mol. The Morgan fingerprint density at radius 2 is 1.77 bits per heavy atom. The minimum atomic E-state index is -4.57. The van der Waals surface area contributed by atoms with E-state index in [1.54, 1.807) is 4.90 Å². The second-order valence-electron chi connectivity index (χ2n) is 9.07. The van der Waals surface area contributed by atoms with E-state index in [1.807, 2.05) is 13.8 Å². The number of piperidine rings is 1. The second-order valence-corrected chi connectivity index (χ2v) is 9.07. The molecule has 1 aliphatic heterocycles. The smallest absolute Gasteiger partial charge is 0.416 e. The standard InChI is InChI=1S/C22H29F3N2O4/c1-14(2)20(8-7-15(13-20)26-19(29)30)18(28)27-11-9-21(31,10-12-27)16-5-3-4-6-17(16)22(23,24)25/h3-6,14-15,26,31H,7-13H2,1-2H3,(H,29,30)/t15-,20+/m1/s1. The molecule has 31 heavy (non-hydrogen) atoms. The highest BCUT2D eigenvalue weighted by Crippen LogP contribution is 2.47. The summed E-state index contributed by atoms with van der Waals surface area (Å²) in [5.74, 6) is -0.129. The highest BCUT2D eigenvalue weighted by atomic mass is 19.4. The molecule has 1 heterocycles. The number of alkyl halides is 3. The van der Waals surface area contributed by atoms with Crippen LogP contribution in [0, 0.1) is 11.3 Å². The van der Waals surface area contributed by atoms with Gasteiger partial charge in [-0.25, -0.2) is 4.79 Å². The van der Waals surface area contributed by atoms with Crippen LogP contribution < -0.4 is 5.32 Å². The molecule has 0 radical (unpaired) electrons. The molecule has 0 bridgehead atoms. The zero-order chi connectivity index (χ0) is 23.0. The molecule has 3 rings (SSSR count). The summed E-state index contributed by atoms with van der Waals surface area (Å²) in [5, 5.41) is 22.5. The van der Waals surface area contributed by atoms with Crippen LogP contribution in [0.2, 0.25) is 0 Å². The molecule has 2 aliphatic rings. The largest absolute Gasteiger partial charge is 0.465 e. The first-order valence-electron chi connectivity index (χ1n) is 10.6. The van der Waals surface area contributed by atoms with Gasteiger partial charge in [-0.15, -0.1) is 0 Å². The van der Waals surface area contributed by atoms with Gasteiger partial charge in [0.2, 0.25) is 5.91 Å². The Bertz CT molecular complexity index is 834. The lowest BCUT2D eigenvalue weighted by atomic mass is 9.73. The van der Waals surface area contributed by atoms with Crippen molar-refractivity contribution in [1.29, 1.82) is 0 Å². The van der Waals surface area contributed by atoms with Crippen LogP contribution in [-0.4, -0.2) is 46.2 Å². The number of aliphatic hydroxyl groups is 1. The number of nitrogens with one attached hydrogen (secondary N) is 1. The van der Waals surface area contributed by atoms with Gasteiger partial charge in [-0.1, -0.05) is 32.0 Å². The van der Waals surface area contributed by atoms with E-state index in [1.165, 1.54) is 18.2 Å². The van der Waals surface area contributed by atoms with Crippen LogP contribution in [-0.2, 0) is 16.6 Å². The number of carbonyl (C=O) groups excluding carboxylic acids is 1. The lowest BCUT2D eigenvalue weighted by Gasteiger charge is -2.44. The van der Waals surface area contributed by atoms with E-state index < -0.39 is 28.8 Å². The number of amides is 2. The van der Waals surface area contributed by atoms with Crippen LogP contribution in [0.4, 0.5) is 18.0 Å². The second kappa shape index (κ2) is 8.33. The minimum Gasteiger partial charge on any atom is -0.465 e. The van der Waals surface area contributed by atoms with Gasteiger partial charge in [0.1, 0.15) is 0 Å². The number of hydrogen-bond donors (Lipinski definition) is 3. The molecule has 6 nitrogen and oxygen atoms in total. The van der Waals surface area contributed by atoms with E-state index in [0.717, 1.165) is 6.07 Å². The third-order valence-electron chi connectivity index (χ3n) is 7.02. The number of hydrogen-bond acceptors (Lipinski definition) is 3. The van der Waals surface area contributed by atoms with Crippen LogP contribution in [0.5, 0.6) is 0 Å². The van der Waals surface area contributed by atoms with E-state index in [-0.39, 0.29) is 49.4 Å². The maximum atomic E-state index is 13.5. The van der Waals surface area contributed by atoms with E-state index in [9.17, 15) is 27.9 Å². The van der Waals surface area contributed by atoms with Gasteiger partial charge in [-0.3, -0.25) is 4.79 Å². The van der Waals surface area contributed by atoms with Crippen molar-refractivity contribution in [3.63, 3.8) is 0 Å². The monoisotopic (exact) mass is 442 g/mol. The van der Waals surface area contributed by atoms with Crippen molar-refractivity contribution in [3.05, 3.63) is 35.4 Å². The molecular formula is C22H29F3N2O4. The van der Waals surface area contributed by atoms with Gasteiger partial charge < -0.3 is 20.4 Å². The lowest BCUT2D eigenvalue weighted by Crippen LogP contribution is -2.52. The predicted octanol–water partition coefficient (Wildman–Crippen LogP) is 3.98. The molecule has 1 aromatic rings. The average molecular weight is 442 g/mol. The summed E-state index contributed by atoms with van der Waals surface area (Å²) >= 11 is 0. The molecule has 1 saturated carbocycles. The first-order chi connectivity index (χ1) is 14.4. The molecule has 2 atom stereocenters. The summed E-state index contributed by atoms with van der Waals surface area (Å²) in [6.07, 6.45) is -4.17. The van der Waals surface area contributed by atoms with Crippen molar-refractivity contribution in [2.75, 3.05) is 13.1 Å². The molecule has 3 N–H and O–H groups in total. The van der Waals surface area contributed by atoms with E-state index in [0.29, 0.717) is 19.3 Å². The molecule has 0 spiro atoms. The van der Waals surface area contributed by atoms with Gasteiger partial charge in [0.05, 0.1) is 16.6 Å². The third kappa shape index (κ3) is 4.51. The lowest BCUT2D eigenvalue weighted by molar-refractivity contribution is -0.151. The van der Waals surface area contributed by atoms with Crippen LogP contribution in [0.1, 0.15) is 57.1 Å². The molecule has 2 fully saturated rings. The van der Waals surface area contributed by atoms with Gasteiger partial charge in [-0.05, 0) is 49.7 Å². The van der Waals surface area contributed by atoms with E-state index >= 15 is 0 Å². The molecule has 1 aliphatic carbocycles. The number of nitrogens with zero attached hydrogens (tertiary/aromatic N) is 1. The Kier molecular flexibility index (Phi) is 6.28. The zero-order valence-corrected chi connectivity index (χ0v) is 17.7. The quantitative estimate of drug-likeness (QED) is 0.658. The summed E-state index contributed by atoms with van der Waals surface area (Å²) in [7, 11) is 0. The number of halogens is 3. The van der Waals surface area contributed by atoms with Crippen molar-refractivity contribution in [1.82, 2.24) is 10.2 Å². The third-order valence-corrected chi connectivity index (χ3v) is 7.02. The fourth-order valence-corrected chi connectivity index (χ4v) is 5.14. The summed E-state index contributed by atoms with van der Waals surface area (Å²) < 4.78 is 40.3. The number of carbonyl (C=O) groups is 2. The van der Waals surface area contributed by atoms with Gasteiger partial charge in [0, 0.05) is 19.1 Å². The number of rotatable bonds is 4. The van der Waals surface area contributed by atoms with Crippen LogP contribution in [0.3, 0.4) is 0 Å². The average Bonchev–Trinajstić information content (AvgIpc) is 3.12. The molecule has 9 heteroatoms. The SMILES string of the molecule is CC(C)[C@]1(C(=O)N2CCC(O)(c3ccccc3C(F)(F)F)CC2)CC[C@@H](NC(=O)O)C1. The van der Waals surface area contributed by atoms with E-state index in [4.69, 9.17) is 5.11 Å². The highest BCUT2D eigenvalue weighted by Gasteiger charge is 2.51. The molecule has 0 aromatic heterocycles. The molecule has 1 aromatic carbocycles. The predicted molar refractivity (Wildman–Crippen MR) is 107 cm³/mol. The molecule has 2 amide bonds. The fraction of sp³-hybridized carbons (Fsp3) is 0.636. The Morgan fingerprint density at radius 1 is 1.16 bits per heavy atom. The summed E-state index contributed by atoms with van der Waals surface area (Å²) in [5.41, 5.74) is -3.38. The number of likely N-dealkylation sites (tertiary alicyclic amines) is 1. The molecule has 172 valence electrons. The van der Waals surface area contributed by atoms with Crippen LogP contribution in [0.15, 0.2) is 24.3 Å².